The fourth-order valence-corrected chi connectivity index (χ4v) is 6.01. The predicted molar refractivity (Wildman–Crippen MR) is 83.4 cm³/mol. The summed E-state index contributed by atoms with van der Waals surface area (Å²) in [6.07, 6.45) is -2.68. The number of aromatic nitrogens is 2. The normalized spacial score (nSPS) is 25.4. The van der Waals surface area contributed by atoms with Gasteiger partial charge in [0.25, 0.3) is 10.0 Å². The van der Waals surface area contributed by atoms with Crippen LogP contribution in [0.5, 0.6) is 0 Å². The Labute approximate surface area is 145 Å². The Morgan fingerprint density at radius 1 is 1.32 bits per heavy atom. The molecule has 3 rings (SSSR count). The van der Waals surface area contributed by atoms with Gasteiger partial charge in [0.15, 0.2) is 5.03 Å². The summed E-state index contributed by atoms with van der Waals surface area (Å²) in [5.74, 6) is -1.50. The minimum atomic E-state index is -4.34. The predicted octanol–water partition coefficient (Wildman–Crippen LogP) is 2.10. The number of alkyl halides is 3. The van der Waals surface area contributed by atoms with Gasteiger partial charge in [-0.3, -0.25) is 4.68 Å². The highest BCUT2D eigenvalue weighted by molar-refractivity contribution is 7.89. The van der Waals surface area contributed by atoms with E-state index in [9.17, 15) is 21.6 Å². The Balaban J connectivity index is 1.96. The topological polar surface area (TPSA) is 64.4 Å². The van der Waals surface area contributed by atoms with Gasteiger partial charge in [-0.05, 0) is 26.2 Å². The zero-order valence-corrected chi connectivity index (χ0v) is 15.0. The molecule has 1 spiro atoms. The second-order valence-electron chi connectivity index (χ2n) is 6.95. The number of aryl methyl sites for hydroxylation is 2. The van der Waals surface area contributed by atoms with Crippen molar-refractivity contribution in [3.63, 3.8) is 0 Å². The van der Waals surface area contributed by atoms with Crippen LogP contribution in [0.2, 0.25) is 0 Å². The van der Waals surface area contributed by atoms with Crippen molar-refractivity contribution in [2.24, 2.45) is 18.4 Å². The molecule has 0 aromatic carbocycles. The first-order chi connectivity index (χ1) is 11.6. The lowest BCUT2D eigenvalue weighted by molar-refractivity contribution is -0.231. The van der Waals surface area contributed by atoms with Crippen LogP contribution in [0, 0.1) is 18.3 Å². The smallest absolute Gasteiger partial charge is 0.381 e. The van der Waals surface area contributed by atoms with Crippen LogP contribution in [0.3, 0.4) is 0 Å². The lowest BCUT2D eigenvalue weighted by Crippen LogP contribution is -2.56. The summed E-state index contributed by atoms with van der Waals surface area (Å²) in [5, 5.41) is 3.99. The molecule has 10 heteroatoms. The van der Waals surface area contributed by atoms with Gasteiger partial charge in [0.1, 0.15) is 0 Å². The van der Waals surface area contributed by atoms with Crippen molar-refractivity contribution in [3.05, 3.63) is 11.8 Å². The van der Waals surface area contributed by atoms with E-state index in [4.69, 9.17) is 4.74 Å². The molecule has 142 valence electrons. The van der Waals surface area contributed by atoms with Crippen LogP contribution in [0.15, 0.2) is 11.2 Å². The lowest BCUT2D eigenvalue weighted by Gasteiger charge is -2.50. The summed E-state index contributed by atoms with van der Waals surface area (Å²) in [7, 11) is -2.38. The average Bonchev–Trinajstić information content (AvgIpc) is 2.86. The van der Waals surface area contributed by atoms with E-state index in [-0.39, 0.29) is 50.6 Å². The number of piperidine rings is 1. The minimum Gasteiger partial charge on any atom is -0.381 e. The van der Waals surface area contributed by atoms with Gasteiger partial charge in [-0.2, -0.15) is 22.6 Å². The fraction of sp³-hybridized carbons (Fsp3) is 0.800. The maximum absolute atomic E-state index is 13.6. The Bertz CT molecular complexity index is 719. The van der Waals surface area contributed by atoms with E-state index in [1.54, 1.807) is 6.92 Å². The first-order valence-corrected chi connectivity index (χ1v) is 9.65. The molecule has 2 aliphatic rings. The zero-order chi connectivity index (χ0) is 18.5. The zero-order valence-electron chi connectivity index (χ0n) is 14.2. The molecule has 1 unspecified atom stereocenters. The Morgan fingerprint density at radius 2 is 1.96 bits per heavy atom. The number of sulfonamides is 1. The third-order valence-corrected chi connectivity index (χ3v) is 7.49. The van der Waals surface area contributed by atoms with E-state index in [0.717, 1.165) is 0 Å². The molecule has 0 aliphatic carbocycles. The molecule has 3 heterocycles. The largest absolute Gasteiger partial charge is 0.392 e. The van der Waals surface area contributed by atoms with Gasteiger partial charge in [-0.15, -0.1) is 0 Å². The summed E-state index contributed by atoms with van der Waals surface area (Å²) in [6, 6.07) is 0. The summed E-state index contributed by atoms with van der Waals surface area (Å²) in [4.78, 5) is 0. The number of hydrogen-bond donors (Lipinski definition) is 0. The van der Waals surface area contributed by atoms with Crippen molar-refractivity contribution in [1.29, 1.82) is 0 Å². The van der Waals surface area contributed by atoms with E-state index in [0.29, 0.717) is 5.56 Å². The summed E-state index contributed by atoms with van der Waals surface area (Å²) in [6.45, 7) is 1.82. The van der Waals surface area contributed by atoms with Crippen molar-refractivity contribution >= 4 is 10.0 Å². The van der Waals surface area contributed by atoms with Crippen LogP contribution in [-0.4, -0.2) is 55.0 Å². The number of hydrogen-bond acceptors (Lipinski definition) is 4. The molecular formula is C15H22F3N3O3S. The van der Waals surface area contributed by atoms with Gasteiger partial charge in [0.2, 0.25) is 0 Å². The fourth-order valence-electron chi connectivity index (χ4n) is 4.15. The monoisotopic (exact) mass is 381 g/mol. The molecule has 0 saturated carbocycles. The van der Waals surface area contributed by atoms with Gasteiger partial charge >= 0.3 is 6.18 Å². The van der Waals surface area contributed by atoms with Gasteiger partial charge in [-0.1, -0.05) is 0 Å². The minimum absolute atomic E-state index is 0.0418. The number of nitrogens with zero attached hydrogens (tertiary/aromatic N) is 3. The van der Waals surface area contributed by atoms with Gasteiger partial charge in [0.05, 0.1) is 12.1 Å². The van der Waals surface area contributed by atoms with Crippen LogP contribution in [0.25, 0.3) is 0 Å². The van der Waals surface area contributed by atoms with E-state index in [2.05, 4.69) is 5.10 Å². The molecule has 1 aromatic rings. The van der Waals surface area contributed by atoms with Crippen LogP contribution in [0.4, 0.5) is 13.2 Å². The molecule has 0 radical (unpaired) electrons. The molecule has 0 amide bonds. The molecule has 2 saturated heterocycles. The molecule has 2 fully saturated rings. The molecule has 0 bridgehead atoms. The molecule has 0 N–H and O–H groups in total. The van der Waals surface area contributed by atoms with E-state index < -0.39 is 27.5 Å². The highest BCUT2D eigenvalue weighted by atomic mass is 32.2. The second-order valence-corrected chi connectivity index (χ2v) is 8.81. The molecule has 25 heavy (non-hydrogen) atoms. The molecular weight excluding hydrogens is 359 g/mol. The molecule has 1 atom stereocenters. The molecule has 1 aromatic heterocycles. The molecule has 2 aliphatic heterocycles. The Hall–Kier alpha value is -1.13. The third kappa shape index (κ3) is 3.19. The first-order valence-electron chi connectivity index (χ1n) is 8.21. The van der Waals surface area contributed by atoms with Crippen molar-refractivity contribution < 1.29 is 26.3 Å². The highest BCUT2D eigenvalue weighted by Gasteiger charge is 2.57. The SMILES string of the molecule is Cc1cnn(C)c1S(=O)(=O)N1CCC(C(F)(F)F)C2(CCOCC2)C1. The maximum Gasteiger partial charge on any atom is 0.392 e. The van der Waals surface area contributed by atoms with Crippen molar-refractivity contribution in [1.82, 2.24) is 14.1 Å². The van der Waals surface area contributed by atoms with Crippen LogP contribution in [0.1, 0.15) is 24.8 Å². The summed E-state index contributed by atoms with van der Waals surface area (Å²) >= 11 is 0. The summed E-state index contributed by atoms with van der Waals surface area (Å²) < 4.78 is 74.5. The van der Waals surface area contributed by atoms with E-state index >= 15 is 0 Å². The van der Waals surface area contributed by atoms with E-state index in [1.165, 1.54) is 22.2 Å². The van der Waals surface area contributed by atoms with Crippen LogP contribution >= 0.6 is 0 Å². The Kier molecular flexibility index (Phi) is 4.66. The van der Waals surface area contributed by atoms with Crippen molar-refractivity contribution in [2.45, 2.75) is 37.4 Å². The number of halogens is 3. The number of rotatable bonds is 2. The second kappa shape index (κ2) is 6.24. The third-order valence-electron chi connectivity index (χ3n) is 5.42. The van der Waals surface area contributed by atoms with Gasteiger partial charge in [0, 0.05) is 44.3 Å². The lowest BCUT2D eigenvalue weighted by atomic mass is 9.66. The van der Waals surface area contributed by atoms with Crippen molar-refractivity contribution in [3.8, 4) is 0 Å². The summed E-state index contributed by atoms with van der Waals surface area (Å²) in [5.41, 5.74) is -0.629. The van der Waals surface area contributed by atoms with Gasteiger partial charge in [-0.25, -0.2) is 8.42 Å². The van der Waals surface area contributed by atoms with Crippen LogP contribution < -0.4 is 0 Å². The average molecular weight is 381 g/mol. The van der Waals surface area contributed by atoms with Crippen LogP contribution in [-0.2, 0) is 21.8 Å². The highest BCUT2D eigenvalue weighted by Crippen LogP contribution is 2.51. The first kappa shape index (κ1) is 18.7. The quantitative estimate of drug-likeness (QED) is 0.787. The Morgan fingerprint density at radius 3 is 2.48 bits per heavy atom. The van der Waals surface area contributed by atoms with E-state index in [1.807, 2.05) is 0 Å². The van der Waals surface area contributed by atoms with Crippen molar-refractivity contribution in [2.75, 3.05) is 26.3 Å². The molecule has 6 nitrogen and oxygen atoms in total. The standard InChI is InChI=1S/C15H22F3N3O3S/c1-11-9-19-20(2)13(11)25(22,23)21-6-3-12(15(16,17)18)14(10-21)4-7-24-8-5-14/h9,12H,3-8,10H2,1-2H3. The maximum atomic E-state index is 13.6. The van der Waals surface area contributed by atoms with Gasteiger partial charge < -0.3 is 4.74 Å². The number of ether oxygens (including phenoxy) is 1.